The molecule has 0 amide bonds. The molecule has 0 radical (unpaired) electrons. The number of fused-ring (bicyclic) bond motifs is 1. The van der Waals surface area contributed by atoms with Crippen molar-refractivity contribution < 1.29 is 4.74 Å². The smallest absolute Gasteiger partial charge is 0.142 e. The van der Waals surface area contributed by atoms with Crippen LogP contribution in [0.5, 0.6) is 11.5 Å². The molecular formula is C17H15BrN2O. The van der Waals surface area contributed by atoms with Crippen molar-refractivity contribution >= 4 is 26.8 Å². The van der Waals surface area contributed by atoms with E-state index in [0.717, 1.165) is 38.0 Å². The Labute approximate surface area is 131 Å². The molecule has 1 heterocycles. The van der Waals surface area contributed by atoms with E-state index in [1.165, 1.54) is 0 Å². The molecule has 1 aromatic heterocycles. The average Bonchev–Trinajstić information content (AvgIpc) is 2.50. The second-order valence-electron chi connectivity index (χ2n) is 4.85. The second kappa shape index (κ2) is 5.84. The van der Waals surface area contributed by atoms with Crippen LogP contribution in [-0.4, -0.2) is 4.98 Å². The van der Waals surface area contributed by atoms with Crippen LogP contribution < -0.4 is 10.5 Å². The minimum Gasteiger partial charge on any atom is -0.456 e. The normalized spacial score (nSPS) is 10.8. The molecule has 0 spiro atoms. The van der Waals surface area contributed by atoms with Gasteiger partial charge in [-0.25, -0.2) is 0 Å². The van der Waals surface area contributed by atoms with Gasteiger partial charge in [-0.1, -0.05) is 28.1 Å². The van der Waals surface area contributed by atoms with Gasteiger partial charge in [-0.05, 0) is 42.8 Å². The number of nitrogens with two attached hydrogens (primary N) is 1. The Morgan fingerprint density at radius 2 is 2.00 bits per heavy atom. The summed E-state index contributed by atoms with van der Waals surface area (Å²) in [4.78, 5) is 4.42. The van der Waals surface area contributed by atoms with Gasteiger partial charge in [-0.15, -0.1) is 0 Å². The molecule has 0 bridgehead atoms. The van der Waals surface area contributed by atoms with E-state index in [4.69, 9.17) is 10.5 Å². The van der Waals surface area contributed by atoms with Crippen molar-refractivity contribution in [2.24, 2.45) is 5.73 Å². The number of rotatable bonds is 3. The minimum absolute atomic E-state index is 0.392. The van der Waals surface area contributed by atoms with Gasteiger partial charge in [0.2, 0.25) is 0 Å². The fraction of sp³-hybridized carbons (Fsp3) is 0.118. The van der Waals surface area contributed by atoms with Gasteiger partial charge >= 0.3 is 0 Å². The van der Waals surface area contributed by atoms with Gasteiger partial charge in [0.25, 0.3) is 0 Å². The van der Waals surface area contributed by atoms with Crippen molar-refractivity contribution in [3.8, 4) is 11.5 Å². The van der Waals surface area contributed by atoms with Crippen LogP contribution in [0, 0.1) is 6.92 Å². The van der Waals surface area contributed by atoms with Gasteiger partial charge in [-0.3, -0.25) is 4.98 Å². The third-order valence-corrected chi connectivity index (χ3v) is 3.86. The Bertz CT molecular complexity index is 802. The largest absolute Gasteiger partial charge is 0.456 e. The van der Waals surface area contributed by atoms with Crippen LogP contribution in [0.15, 0.2) is 53.1 Å². The highest BCUT2D eigenvalue weighted by atomic mass is 79.9. The maximum absolute atomic E-state index is 6.16. The van der Waals surface area contributed by atoms with Gasteiger partial charge in [0.1, 0.15) is 11.5 Å². The summed E-state index contributed by atoms with van der Waals surface area (Å²) >= 11 is 3.46. The summed E-state index contributed by atoms with van der Waals surface area (Å²) in [5, 5.41) is 0.975. The average molecular weight is 343 g/mol. The van der Waals surface area contributed by atoms with Crippen LogP contribution >= 0.6 is 15.9 Å². The van der Waals surface area contributed by atoms with Crippen molar-refractivity contribution in [3.63, 3.8) is 0 Å². The number of nitrogens with zero attached hydrogens (tertiary/aromatic N) is 1. The Morgan fingerprint density at radius 1 is 1.19 bits per heavy atom. The van der Waals surface area contributed by atoms with Crippen LogP contribution in [0.2, 0.25) is 0 Å². The molecule has 2 N–H and O–H groups in total. The van der Waals surface area contributed by atoms with E-state index in [1.54, 1.807) is 6.20 Å². The lowest BCUT2D eigenvalue weighted by Gasteiger charge is -2.14. The topological polar surface area (TPSA) is 48.1 Å². The highest BCUT2D eigenvalue weighted by Crippen LogP contribution is 2.34. The predicted octanol–water partition coefficient (Wildman–Crippen LogP) is 4.56. The van der Waals surface area contributed by atoms with Crippen LogP contribution in [0.4, 0.5) is 0 Å². The lowest BCUT2D eigenvalue weighted by molar-refractivity contribution is 0.478. The van der Waals surface area contributed by atoms with Gasteiger partial charge in [0.05, 0.1) is 5.52 Å². The number of hydrogen-bond donors (Lipinski definition) is 1. The number of para-hydroxylation sites is 1. The number of pyridine rings is 1. The SMILES string of the molecule is Cc1cc(Br)ccc1Oc1c(CN)cnc2ccccc12. The van der Waals surface area contributed by atoms with Crippen LogP contribution in [0.25, 0.3) is 10.9 Å². The highest BCUT2D eigenvalue weighted by molar-refractivity contribution is 9.10. The molecule has 3 nitrogen and oxygen atoms in total. The van der Waals surface area contributed by atoms with Crippen LogP contribution in [0.3, 0.4) is 0 Å². The standard InChI is InChI=1S/C17H15BrN2O/c1-11-8-13(18)6-7-16(11)21-17-12(9-19)10-20-15-5-3-2-4-14(15)17/h2-8,10H,9,19H2,1H3. The molecule has 0 aliphatic rings. The number of aryl methyl sites for hydroxylation is 1. The van der Waals surface area contributed by atoms with E-state index in [-0.39, 0.29) is 0 Å². The van der Waals surface area contributed by atoms with Crippen LogP contribution in [-0.2, 0) is 6.54 Å². The van der Waals surface area contributed by atoms with Gasteiger partial charge in [0.15, 0.2) is 0 Å². The van der Waals surface area contributed by atoms with E-state index >= 15 is 0 Å². The van der Waals surface area contributed by atoms with Crippen LogP contribution in [0.1, 0.15) is 11.1 Å². The lowest BCUT2D eigenvalue weighted by Crippen LogP contribution is -2.01. The quantitative estimate of drug-likeness (QED) is 0.759. The molecule has 4 heteroatoms. The third-order valence-electron chi connectivity index (χ3n) is 3.37. The number of halogens is 1. The van der Waals surface area contributed by atoms with Crippen molar-refractivity contribution in [1.82, 2.24) is 4.98 Å². The summed E-state index contributed by atoms with van der Waals surface area (Å²) in [5.74, 6) is 1.61. The van der Waals surface area contributed by atoms with Crippen molar-refractivity contribution in [3.05, 3.63) is 64.3 Å². The first-order valence-electron chi connectivity index (χ1n) is 6.69. The molecule has 0 aliphatic heterocycles. The molecule has 106 valence electrons. The zero-order valence-electron chi connectivity index (χ0n) is 11.6. The van der Waals surface area contributed by atoms with Gasteiger partial charge < -0.3 is 10.5 Å². The summed E-state index contributed by atoms with van der Waals surface area (Å²) in [6.07, 6.45) is 1.78. The Balaban J connectivity index is 2.14. The summed E-state index contributed by atoms with van der Waals surface area (Å²) in [6.45, 7) is 2.41. The zero-order chi connectivity index (χ0) is 14.8. The van der Waals surface area contributed by atoms with E-state index in [2.05, 4.69) is 20.9 Å². The fourth-order valence-electron chi connectivity index (χ4n) is 2.26. The van der Waals surface area contributed by atoms with Gasteiger partial charge in [-0.2, -0.15) is 0 Å². The zero-order valence-corrected chi connectivity index (χ0v) is 13.2. The first-order chi connectivity index (χ1) is 10.2. The molecule has 0 unspecified atom stereocenters. The van der Waals surface area contributed by atoms with E-state index in [0.29, 0.717) is 6.54 Å². The van der Waals surface area contributed by atoms with E-state index in [1.807, 2.05) is 49.4 Å². The Morgan fingerprint density at radius 3 is 2.76 bits per heavy atom. The molecule has 0 fully saturated rings. The highest BCUT2D eigenvalue weighted by Gasteiger charge is 2.11. The van der Waals surface area contributed by atoms with E-state index < -0.39 is 0 Å². The molecule has 3 rings (SSSR count). The van der Waals surface area contributed by atoms with Crippen molar-refractivity contribution in [1.29, 1.82) is 0 Å². The molecule has 3 aromatic rings. The maximum atomic E-state index is 6.16. The Kier molecular flexibility index (Phi) is 3.90. The van der Waals surface area contributed by atoms with E-state index in [9.17, 15) is 0 Å². The Hall–Kier alpha value is -1.91. The molecular weight excluding hydrogens is 328 g/mol. The van der Waals surface area contributed by atoms with Gasteiger partial charge in [0, 0.05) is 28.2 Å². The summed E-state index contributed by atoms with van der Waals surface area (Å²) in [6, 6.07) is 13.9. The number of ether oxygens (including phenoxy) is 1. The third kappa shape index (κ3) is 2.77. The summed E-state index contributed by atoms with van der Waals surface area (Å²) in [5.41, 5.74) is 8.69. The molecule has 0 saturated carbocycles. The molecule has 0 aliphatic carbocycles. The molecule has 0 atom stereocenters. The minimum atomic E-state index is 0.392. The molecule has 21 heavy (non-hydrogen) atoms. The second-order valence-corrected chi connectivity index (χ2v) is 5.76. The first kappa shape index (κ1) is 14.0. The monoisotopic (exact) mass is 342 g/mol. The number of hydrogen-bond acceptors (Lipinski definition) is 3. The first-order valence-corrected chi connectivity index (χ1v) is 7.49. The van der Waals surface area contributed by atoms with Crippen molar-refractivity contribution in [2.75, 3.05) is 0 Å². The molecule has 2 aromatic carbocycles. The number of benzene rings is 2. The fourth-order valence-corrected chi connectivity index (χ4v) is 2.74. The summed E-state index contributed by atoms with van der Waals surface area (Å²) < 4.78 is 7.19. The van der Waals surface area contributed by atoms with Crippen molar-refractivity contribution in [2.45, 2.75) is 13.5 Å². The molecule has 0 saturated heterocycles. The maximum Gasteiger partial charge on any atom is 0.142 e. The lowest BCUT2D eigenvalue weighted by atomic mass is 10.1. The predicted molar refractivity (Wildman–Crippen MR) is 88.6 cm³/mol. The summed E-state index contributed by atoms with van der Waals surface area (Å²) in [7, 11) is 0. The number of aromatic nitrogens is 1.